The Hall–Kier alpha value is -2.08. The summed E-state index contributed by atoms with van der Waals surface area (Å²) in [6.07, 6.45) is 8.63. The van der Waals surface area contributed by atoms with Gasteiger partial charge in [-0.25, -0.2) is 0 Å². The van der Waals surface area contributed by atoms with Crippen LogP contribution in [0.3, 0.4) is 0 Å². The van der Waals surface area contributed by atoms with E-state index >= 15 is 0 Å². The Bertz CT molecular complexity index is 578. The topological polar surface area (TPSA) is 0 Å². The second-order valence-corrected chi connectivity index (χ2v) is 5.26. The molecule has 0 fully saturated rings. The van der Waals surface area contributed by atoms with Gasteiger partial charge in [-0.05, 0) is 41.5 Å². The third kappa shape index (κ3) is 5.73. The third-order valence-corrected chi connectivity index (χ3v) is 3.73. The monoisotopic (exact) mass is 292 g/mol. The van der Waals surface area contributed by atoms with Crippen LogP contribution in [0.1, 0.15) is 48.9 Å². The Kier molecular flexibility index (Phi) is 8.67. The maximum atomic E-state index is 3.80. The van der Waals surface area contributed by atoms with E-state index in [0.29, 0.717) is 0 Å². The molecule has 0 heterocycles. The van der Waals surface area contributed by atoms with Gasteiger partial charge < -0.3 is 0 Å². The number of rotatable bonds is 6. The van der Waals surface area contributed by atoms with Crippen molar-refractivity contribution in [1.29, 1.82) is 0 Å². The maximum absolute atomic E-state index is 3.80. The third-order valence-electron chi connectivity index (χ3n) is 3.73. The van der Waals surface area contributed by atoms with Gasteiger partial charge in [-0.1, -0.05) is 94.1 Å². The molecule has 0 atom stereocenters. The molecule has 0 aliphatic rings. The lowest BCUT2D eigenvalue weighted by atomic mass is 10.0. The maximum Gasteiger partial charge on any atom is -0.0230 e. The molecule has 2 aromatic carbocycles. The van der Waals surface area contributed by atoms with Crippen LogP contribution in [-0.4, -0.2) is 0 Å². The van der Waals surface area contributed by atoms with Crippen LogP contribution in [0.5, 0.6) is 0 Å². The van der Waals surface area contributed by atoms with Gasteiger partial charge in [0.1, 0.15) is 0 Å². The van der Waals surface area contributed by atoms with E-state index in [1.165, 1.54) is 41.5 Å². The lowest BCUT2D eigenvalue weighted by Gasteiger charge is -2.03. The second kappa shape index (κ2) is 10.6. The first kappa shape index (κ1) is 18.0. The molecule has 0 aliphatic carbocycles. The molecule has 22 heavy (non-hydrogen) atoms. The molecule has 0 radical (unpaired) electrons. The zero-order valence-corrected chi connectivity index (χ0v) is 14.0. The molecule has 0 spiro atoms. The van der Waals surface area contributed by atoms with Crippen molar-refractivity contribution in [3.63, 3.8) is 0 Å². The molecule has 2 aromatic rings. The van der Waals surface area contributed by atoms with Crippen LogP contribution >= 0.6 is 0 Å². The minimum absolute atomic E-state index is 1.09. The van der Waals surface area contributed by atoms with Gasteiger partial charge in [0, 0.05) is 0 Å². The fourth-order valence-electron chi connectivity index (χ4n) is 2.38. The molecule has 0 heteroatoms. The average molecular weight is 292 g/mol. The van der Waals surface area contributed by atoms with Gasteiger partial charge in [0.15, 0.2) is 0 Å². The Morgan fingerprint density at radius 2 is 1.27 bits per heavy atom. The number of benzene rings is 2. The van der Waals surface area contributed by atoms with Gasteiger partial charge in [0.25, 0.3) is 0 Å². The SMILES string of the molecule is C=Cc1ccccc1CC.C=Cc1ccccc1CCCC. The summed E-state index contributed by atoms with van der Waals surface area (Å²) in [5, 5.41) is 0. The normalized spacial score (nSPS) is 9.55. The van der Waals surface area contributed by atoms with Gasteiger partial charge in [-0.15, -0.1) is 0 Å². The summed E-state index contributed by atoms with van der Waals surface area (Å²) in [7, 11) is 0. The van der Waals surface area contributed by atoms with Crippen molar-refractivity contribution in [1.82, 2.24) is 0 Å². The van der Waals surface area contributed by atoms with Crippen LogP contribution in [0, 0.1) is 0 Å². The lowest BCUT2D eigenvalue weighted by Crippen LogP contribution is -1.87. The smallest absolute Gasteiger partial charge is 0.0230 e. The van der Waals surface area contributed by atoms with Gasteiger partial charge in [-0.2, -0.15) is 0 Å². The van der Waals surface area contributed by atoms with Gasteiger partial charge >= 0.3 is 0 Å². The predicted octanol–water partition coefficient (Wildman–Crippen LogP) is 6.56. The molecule has 0 amide bonds. The van der Waals surface area contributed by atoms with Crippen LogP contribution in [0.4, 0.5) is 0 Å². The van der Waals surface area contributed by atoms with Crippen LogP contribution in [0.2, 0.25) is 0 Å². The molecule has 0 unspecified atom stereocenters. The summed E-state index contributed by atoms with van der Waals surface area (Å²) in [4.78, 5) is 0. The van der Waals surface area contributed by atoms with Crippen molar-refractivity contribution in [2.45, 2.75) is 39.5 Å². The van der Waals surface area contributed by atoms with Crippen molar-refractivity contribution >= 4 is 12.2 Å². The second-order valence-electron chi connectivity index (χ2n) is 5.26. The Labute approximate surface area is 136 Å². The quantitative estimate of drug-likeness (QED) is 0.565. The summed E-state index contributed by atoms with van der Waals surface area (Å²) in [6.45, 7) is 11.9. The van der Waals surface area contributed by atoms with E-state index in [1.807, 2.05) is 18.2 Å². The molecule has 0 aliphatic heterocycles. The lowest BCUT2D eigenvalue weighted by molar-refractivity contribution is 0.794. The minimum Gasteiger partial charge on any atom is -0.0985 e. The molecular weight excluding hydrogens is 264 g/mol. The van der Waals surface area contributed by atoms with E-state index in [1.54, 1.807) is 0 Å². The van der Waals surface area contributed by atoms with E-state index in [9.17, 15) is 0 Å². The Balaban J connectivity index is 0.000000224. The van der Waals surface area contributed by atoms with Crippen molar-refractivity contribution in [2.75, 3.05) is 0 Å². The van der Waals surface area contributed by atoms with Crippen molar-refractivity contribution in [3.05, 3.63) is 83.9 Å². The molecule has 0 saturated carbocycles. The first-order valence-electron chi connectivity index (χ1n) is 8.17. The highest BCUT2D eigenvalue weighted by Gasteiger charge is 1.96. The highest BCUT2D eigenvalue weighted by atomic mass is 14.0. The molecule has 0 nitrogen and oxygen atoms in total. The first-order chi connectivity index (χ1) is 10.8. The minimum atomic E-state index is 1.09. The zero-order valence-electron chi connectivity index (χ0n) is 14.0. The zero-order chi connectivity index (χ0) is 16.2. The number of hydrogen-bond donors (Lipinski definition) is 0. The van der Waals surface area contributed by atoms with Gasteiger partial charge in [0.2, 0.25) is 0 Å². The number of aryl methyl sites for hydroxylation is 2. The Morgan fingerprint density at radius 3 is 1.73 bits per heavy atom. The van der Waals surface area contributed by atoms with Crippen molar-refractivity contribution in [3.8, 4) is 0 Å². The summed E-state index contributed by atoms with van der Waals surface area (Å²) in [6, 6.07) is 16.8. The van der Waals surface area contributed by atoms with E-state index in [4.69, 9.17) is 0 Å². The molecule has 116 valence electrons. The summed E-state index contributed by atoms with van der Waals surface area (Å²) < 4.78 is 0. The van der Waals surface area contributed by atoms with Crippen LogP contribution in [0.15, 0.2) is 61.7 Å². The van der Waals surface area contributed by atoms with Crippen LogP contribution < -0.4 is 0 Å². The fourth-order valence-corrected chi connectivity index (χ4v) is 2.38. The molecule has 0 bridgehead atoms. The van der Waals surface area contributed by atoms with E-state index in [0.717, 1.165) is 6.42 Å². The van der Waals surface area contributed by atoms with E-state index < -0.39 is 0 Å². The molecule has 0 saturated heterocycles. The Morgan fingerprint density at radius 1 is 0.773 bits per heavy atom. The predicted molar refractivity (Wildman–Crippen MR) is 101 cm³/mol. The van der Waals surface area contributed by atoms with Gasteiger partial charge in [-0.3, -0.25) is 0 Å². The average Bonchev–Trinajstić information content (AvgIpc) is 2.60. The summed E-state index contributed by atoms with van der Waals surface area (Å²) >= 11 is 0. The highest BCUT2D eigenvalue weighted by molar-refractivity contribution is 5.52. The molecule has 0 N–H and O–H groups in total. The molecular formula is C22H28. The summed E-state index contributed by atoms with van der Waals surface area (Å²) in [5.41, 5.74) is 5.34. The van der Waals surface area contributed by atoms with Gasteiger partial charge in [0.05, 0.1) is 0 Å². The number of unbranched alkanes of at least 4 members (excludes halogenated alkanes) is 1. The largest absolute Gasteiger partial charge is 0.0985 e. The van der Waals surface area contributed by atoms with E-state index in [2.05, 4.69) is 69.5 Å². The fraction of sp³-hybridized carbons (Fsp3) is 0.273. The molecule has 2 rings (SSSR count). The highest BCUT2D eigenvalue weighted by Crippen LogP contribution is 2.12. The summed E-state index contributed by atoms with van der Waals surface area (Å²) in [5.74, 6) is 0. The van der Waals surface area contributed by atoms with E-state index in [-0.39, 0.29) is 0 Å². The first-order valence-corrected chi connectivity index (χ1v) is 8.17. The standard InChI is InChI=1S/C12H16.C10H12/c1-3-5-8-12-10-7-6-9-11(12)4-2;1-3-9-7-5-6-8-10(9)4-2/h4,6-7,9-10H,2-3,5,8H2,1H3;3,5-8H,1,4H2,2H3. The van der Waals surface area contributed by atoms with Crippen molar-refractivity contribution in [2.24, 2.45) is 0 Å². The van der Waals surface area contributed by atoms with Crippen molar-refractivity contribution < 1.29 is 0 Å². The van der Waals surface area contributed by atoms with Crippen LogP contribution in [-0.2, 0) is 12.8 Å². The number of hydrogen-bond acceptors (Lipinski definition) is 0. The van der Waals surface area contributed by atoms with Crippen LogP contribution in [0.25, 0.3) is 12.2 Å². The molecule has 0 aromatic heterocycles.